The molecular formula is C28H27ClN4O4S. The molecule has 1 N–H and O–H groups in total. The topological polar surface area (TPSA) is 97.6 Å². The van der Waals surface area contributed by atoms with Gasteiger partial charge in [-0.05, 0) is 51.0 Å². The molecule has 8 nitrogen and oxygen atoms in total. The van der Waals surface area contributed by atoms with Crippen molar-refractivity contribution in [3.8, 4) is 17.1 Å². The number of ether oxygens (including phenoxy) is 1. The lowest BCUT2D eigenvalue weighted by atomic mass is 9.96. The summed E-state index contributed by atoms with van der Waals surface area (Å²) in [6.45, 7) is 4.71. The van der Waals surface area contributed by atoms with Gasteiger partial charge < -0.3 is 19.4 Å². The van der Waals surface area contributed by atoms with Crippen molar-refractivity contribution in [2.45, 2.75) is 38.2 Å². The van der Waals surface area contributed by atoms with Crippen molar-refractivity contribution in [2.75, 3.05) is 18.4 Å². The van der Waals surface area contributed by atoms with E-state index in [2.05, 4.69) is 15.3 Å². The van der Waals surface area contributed by atoms with Crippen LogP contribution in [0.4, 0.5) is 5.69 Å². The van der Waals surface area contributed by atoms with E-state index in [0.717, 1.165) is 23.4 Å². The van der Waals surface area contributed by atoms with Crippen molar-refractivity contribution in [3.63, 3.8) is 0 Å². The summed E-state index contributed by atoms with van der Waals surface area (Å²) in [6, 6.07) is 14.5. The van der Waals surface area contributed by atoms with Crippen LogP contribution in [0.25, 0.3) is 11.3 Å². The van der Waals surface area contributed by atoms with E-state index in [-0.39, 0.29) is 17.7 Å². The lowest BCUT2D eigenvalue weighted by Crippen LogP contribution is -2.51. The zero-order valence-corrected chi connectivity index (χ0v) is 22.6. The Bertz CT molecular complexity index is 1430. The molecule has 0 spiro atoms. The summed E-state index contributed by atoms with van der Waals surface area (Å²) in [5.74, 6) is 0.949. The molecule has 2 aromatic carbocycles. The maximum absolute atomic E-state index is 13.2. The van der Waals surface area contributed by atoms with E-state index in [9.17, 15) is 9.59 Å². The molecule has 4 aromatic rings. The third-order valence-corrected chi connectivity index (χ3v) is 7.76. The Labute approximate surface area is 229 Å². The average Bonchev–Trinajstić information content (AvgIpc) is 3.63. The Balaban J connectivity index is 1.17. The van der Waals surface area contributed by atoms with E-state index < -0.39 is 5.60 Å². The minimum absolute atomic E-state index is 0.0809. The highest BCUT2D eigenvalue weighted by Gasteiger charge is 2.37. The number of oxazole rings is 1. The minimum atomic E-state index is -1.05. The maximum atomic E-state index is 13.2. The number of thiazole rings is 1. The molecule has 0 saturated carbocycles. The SMILES string of the molecule is CC(C)(Oc1ccccc1Cl)C(=O)N1CCC(c2nc(C(=O)Nc3cccc(-c4cnco4)c3)cs2)CC1. The van der Waals surface area contributed by atoms with Crippen molar-refractivity contribution in [1.82, 2.24) is 14.9 Å². The number of halogens is 1. The van der Waals surface area contributed by atoms with E-state index in [1.165, 1.54) is 17.7 Å². The third-order valence-electron chi connectivity index (χ3n) is 6.44. The zero-order chi connectivity index (χ0) is 26.7. The van der Waals surface area contributed by atoms with Gasteiger partial charge in [-0.3, -0.25) is 9.59 Å². The fourth-order valence-corrected chi connectivity index (χ4v) is 5.59. The van der Waals surface area contributed by atoms with Crippen LogP contribution in [0.5, 0.6) is 5.75 Å². The summed E-state index contributed by atoms with van der Waals surface area (Å²) in [5, 5.41) is 6.06. The van der Waals surface area contributed by atoms with Crippen LogP contribution in [0.3, 0.4) is 0 Å². The molecule has 2 amide bonds. The molecule has 0 bridgehead atoms. The van der Waals surface area contributed by atoms with Gasteiger partial charge in [0.1, 0.15) is 11.4 Å². The van der Waals surface area contributed by atoms with Gasteiger partial charge in [-0.2, -0.15) is 0 Å². The molecule has 10 heteroatoms. The summed E-state index contributed by atoms with van der Waals surface area (Å²) in [5.41, 5.74) is 0.797. The number of likely N-dealkylation sites (tertiary alicyclic amines) is 1. The quantitative estimate of drug-likeness (QED) is 0.291. The summed E-state index contributed by atoms with van der Waals surface area (Å²) in [6.07, 6.45) is 4.52. The molecule has 0 unspecified atom stereocenters. The van der Waals surface area contributed by atoms with Gasteiger partial charge >= 0.3 is 0 Å². The number of benzene rings is 2. The summed E-state index contributed by atoms with van der Waals surface area (Å²) in [4.78, 5) is 36.5. The van der Waals surface area contributed by atoms with Crippen LogP contribution in [0.2, 0.25) is 5.02 Å². The van der Waals surface area contributed by atoms with Gasteiger partial charge in [0.2, 0.25) is 0 Å². The van der Waals surface area contributed by atoms with Gasteiger partial charge in [0.15, 0.2) is 17.8 Å². The molecule has 1 fully saturated rings. The number of hydrogen-bond acceptors (Lipinski definition) is 7. The molecule has 1 aliphatic rings. The molecule has 5 rings (SSSR count). The van der Waals surface area contributed by atoms with Gasteiger partial charge in [0.25, 0.3) is 11.8 Å². The summed E-state index contributed by atoms with van der Waals surface area (Å²) < 4.78 is 11.3. The third kappa shape index (κ3) is 5.74. The molecule has 2 aromatic heterocycles. The van der Waals surface area contributed by atoms with Crippen molar-refractivity contribution >= 4 is 40.4 Å². The monoisotopic (exact) mass is 550 g/mol. The number of amides is 2. The zero-order valence-electron chi connectivity index (χ0n) is 21.0. The first kappa shape index (κ1) is 25.9. The fraction of sp³-hybridized carbons (Fsp3) is 0.286. The van der Waals surface area contributed by atoms with Crippen molar-refractivity contribution in [2.24, 2.45) is 0 Å². The number of rotatable bonds is 7. The number of hydrogen-bond donors (Lipinski definition) is 1. The molecule has 0 radical (unpaired) electrons. The normalized spacial score (nSPS) is 14.3. The number of piperidine rings is 1. The predicted molar refractivity (Wildman–Crippen MR) is 147 cm³/mol. The number of carbonyl (C=O) groups is 2. The van der Waals surface area contributed by atoms with Crippen molar-refractivity contribution in [1.29, 1.82) is 0 Å². The first-order valence-corrected chi connectivity index (χ1v) is 13.5. The number of carbonyl (C=O) groups excluding carboxylic acids is 2. The first-order valence-electron chi connectivity index (χ1n) is 12.3. The number of aromatic nitrogens is 2. The van der Waals surface area contributed by atoms with Crippen LogP contribution in [-0.2, 0) is 4.79 Å². The fourth-order valence-electron chi connectivity index (χ4n) is 4.44. The lowest BCUT2D eigenvalue weighted by molar-refractivity contribution is -0.146. The molecule has 1 saturated heterocycles. The van der Waals surface area contributed by atoms with Crippen LogP contribution in [0.1, 0.15) is 48.1 Å². The van der Waals surface area contributed by atoms with Crippen LogP contribution >= 0.6 is 22.9 Å². The van der Waals surface area contributed by atoms with Gasteiger partial charge in [0, 0.05) is 35.6 Å². The highest BCUT2D eigenvalue weighted by molar-refractivity contribution is 7.10. The van der Waals surface area contributed by atoms with E-state index in [0.29, 0.717) is 41.0 Å². The molecule has 0 aliphatic carbocycles. The predicted octanol–water partition coefficient (Wildman–Crippen LogP) is 6.27. The van der Waals surface area contributed by atoms with Gasteiger partial charge in [-0.1, -0.05) is 35.9 Å². The smallest absolute Gasteiger partial charge is 0.275 e. The molecular weight excluding hydrogens is 524 g/mol. The Kier molecular flexibility index (Phi) is 7.49. The van der Waals surface area contributed by atoms with E-state index in [1.807, 2.05) is 41.3 Å². The van der Waals surface area contributed by atoms with E-state index in [1.54, 1.807) is 37.6 Å². The largest absolute Gasteiger partial charge is 0.476 e. The van der Waals surface area contributed by atoms with Crippen LogP contribution in [0, 0.1) is 0 Å². The number of anilines is 1. The van der Waals surface area contributed by atoms with Crippen LogP contribution < -0.4 is 10.1 Å². The van der Waals surface area contributed by atoms with Crippen LogP contribution in [0.15, 0.2) is 70.9 Å². The van der Waals surface area contributed by atoms with E-state index in [4.69, 9.17) is 20.8 Å². The molecule has 38 heavy (non-hydrogen) atoms. The Morgan fingerprint density at radius 3 is 2.68 bits per heavy atom. The highest BCUT2D eigenvalue weighted by Crippen LogP contribution is 2.33. The number of para-hydroxylation sites is 1. The molecule has 0 atom stereocenters. The molecule has 1 aliphatic heterocycles. The van der Waals surface area contributed by atoms with Gasteiger partial charge in [0.05, 0.1) is 16.2 Å². The van der Waals surface area contributed by atoms with Crippen molar-refractivity contribution < 1.29 is 18.7 Å². The second kappa shape index (κ2) is 11.0. The number of nitrogens with zero attached hydrogens (tertiary/aromatic N) is 3. The van der Waals surface area contributed by atoms with Crippen LogP contribution in [-0.4, -0.2) is 45.4 Å². The Morgan fingerprint density at radius 2 is 1.95 bits per heavy atom. The Hall–Kier alpha value is -3.69. The maximum Gasteiger partial charge on any atom is 0.275 e. The molecule has 3 heterocycles. The number of nitrogens with one attached hydrogen (secondary N) is 1. The second-order valence-corrected chi connectivity index (χ2v) is 10.9. The second-order valence-electron chi connectivity index (χ2n) is 9.58. The lowest BCUT2D eigenvalue weighted by Gasteiger charge is -2.36. The molecule has 196 valence electrons. The Morgan fingerprint density at radius 1 is 1.16 bits per heavy atom. The highest BCUT2D eigenvalue weighted by atomic mass is 35.5. The first-order chi connectivity index (χ1) is 18.3. The van der Waals surface area contributed by atoms with E-state index >= 15 is 0 Å². The van der Waals surface area contributed by atoms with Crippen molar-refractivity contribution in [3.05, 3.63) is 82.2 Å². The minimum Gasteiger partial charge on any atom is -0.476 e. The summed E-state index contributed by atoms with van der Waals surface area (Å²) >= 11 is 7.69. The van der Waals surface area contributed by atoms with Gasteiger partial charge in [-0.15, -0.1) is 11.3 Å². The summed E-state index contributed by atoms with van der Waals surface area (Å²) in [7, 11) is 0. The standard InChI is InChI=1S/C28H27ClN4O4S/c1-28(2,37-23-9-4-3-8-21(23)29)27(35)33-12-10-18(11-13-33)26-32-22(16-38-26)25(34)31-20-7-5-6-19(14-20)24-15-30-17-36-24/h3-9,14-18H,10-13H2,1-2H3,(H,31,34). The van der Waals surface area contributed by atoms with Gasteiger partial charge in [-0.25, -0.2) is 9.97 Å². The average molecular weight is 551 g/mol.